The maximum Gasteiger partial charge on any atom is 0.193 e. The first-order valence-corrected chi connectivity index (χ1v) is 12.1. The third kappa shape index (κ3) is 2.48. The lowest BCUT2D eigenvalue weighted by molar-refractivity contribution is -0.113. The molecule has 3 saturated carbocycles. The summed E-state index contributed by atoms with van der Waals surface area (Å²) >= 11 is 0. The second-order valence-electron chi connectivity index (χ2n) is 9.83. The molecule has 3 fully saturated rings. The number of hydrogen-bond acceptors (Lipinski definition) is 1. The topological polar surface area (TPSA) is 9.23 Å². The van der Waals surface area contributed by atoms with Crippen LogP contribution < -0.4 is 0 Å². The van der Waals surface area contributed by atoms with Crippen molar-refractivity contribution in [1.29, 1.82) is 0 Å². The average Bonchev–Trinajstić information content (AvgIpc) is 2.89. The Morgan fingerprint density at radius 2 is 1.82 bits per heavy atom. The Hall–Kier alpha value is -0.303. The Balaban J connectivity index is 1.92. The fraction of sp³-hybridized carbons (Fsp3) is 0.850. The minimum Gasteiger partial charge on any atom is -0.407 e. The molecule has 124 valence electrons. The van der Waals surface area contributed by atoms with Crippen molar-refractivity contribution in [3.05, 3.63) is 17.4 Å². The van der Waals surface area contributed by atoms with Gasteiger partial charge in [0, 0.05) is 0 Å². The molecule has 3 rings (SSSR count). The van der Waals surface area contributed by atoms with Gasteiger partial charge in [-0.25, -0.2) is 0 Å². The van der Waals surface area contributed by atoms with Crippen molar-refractivity contribution < 1.29 is 4.43 Å². The summed E-state index contributed by atoms with van der Waals surface area (Å²) in [4.78, 5) is 0. The minimum absolute atomic E-state index is 0.00474. The molecule has 22 heavy (non-hydrogen) atoms. The highest BCUT2D eigenvalue weighted by molar-refractivity contribution is 6.74. The fourth-order valence-corrected chi connectivity index (χ4v) is 6.53. The molecule has 0 amide bonds. The minimum atomic E-state index is -1.75. The molecule has 0 radical (unpaired) electrons. The molecule has 3 aliphatic rings. The summed E-state index contributed by atoms with van der Waals surface area (Å²) in [7, 11) is -1.75. The third-order valence-corrected chi connectivity index (χ3v) is 11.6. The molecule has 0 aromatic heterocycles. The quantitative estimate of drug-likeness (QED) is 0.462. The standard InChI is InChI=1S/C20H34OSi/c1-14(2)10-11-20(21-22(6,7)19(3,4)5)13-17-15-8-9-16(12-15)18(17)20/h11,15-18H,8-9,12-13H2,1-7H3/t15-,16+,17+,18-,20+/m0/s1. The highest BCUT2D eigenvalue weighted by Crippen LogP contribution is 2.67. The zero-order valence-electron chi connectivity index (χ0n) is 15.6. The van der Waals surface area contributed by atoms with Gasteiger partial charge in [-0.1, -0.05) is 20.8 Å². The summed E-state index contributed by atoms with van der Waals surface area (Å²) in [6.45, 7) is 16.2. The molecule has 2 bridgehead atoms. The van der Waals surface area contributed by atoms with E-state index in [9.17, 15) is 0 Å². The van der Waals surface area contributed by atoms with Crippen LogP contribution in [0.4, 0.5) is 0 Å². The molecule has 5 atom stereocenters. The summed E-state index contributed by atoms with van der Waals surface area (Å²) in [6, 6.07) is 0. The second-order valence-corrected chi connectivity index (χ2v) is 14.6. The molecule has 0 N–H and O–H groups in total. The number of hydrogen-bond donors (Lipinski definition) is 0. The van der Waals surface area contributed by atoms with Crippen molar-refractivity contribution in [2.45, 2.75) is 84.0 Å². The van der Waals surface area contributed by atoms with E-state index >= 15 is 0 Å². The molecule has 0 unspecified atom stereocenters. The van der Waals surface area contributed by atoms with Crippen molar-refractivity contribution in [3.8, 4) is 0 Å². The Kier molecular flexibility index (Phi) is 3.83. The molecule has 0 saturated heterocycles. The van der Waals surface area contributed by atoms with Crippen molar-refractivity contribution >= 4 is 8.32 Å². The van der Waals surface area contributed by atoms with Gasteiger partial charge >= 0.3 is 0 Å². The molecule has 0 spiro atoms. The van der Waals surface area contributed by atoms with Gasteiger partial charge in [0.15, 0.2) is 8.32 Å². The van der Waals surface area contributed by atoms with Gasteiger partial charge in [-0.2, -0.15) is 0 Å². The predicted octanol–water partition coefficient (Wildman–Crippen LogP) is 5.93. The van der Waals surface area contributed by atoms with Gasteiger partial charge in [-0.3, -0.25) is 0 Å². The summed E-state index contributed by atoms with van der Waals surface area (Å²) < 4.78 is 7.05. The summed E-state index contributed by atoms with van der Waals surface area (Å²) in [5.41, 5.74) is 4.80. The average molecular weight is 319 g/mol. The summed E-state index contributed by atoms with van der Waals surface area (Å²) in [5, 5.41) is 0.279. The van der Waals surface area contributed by atoms with Crippen molar-refractivity contribution in [1.82, 2.24) is 0 Å². The van der Waals surface area contributed by atoms with Crippen LogP contribution in [0, 0.1) is 23.7 Å². The molecule has 2 heteroatoms. The van der Waals surface area contributed by atoms with Crippen LogP contribution in [0.1, 0.15) is 60.3 Å². The van der Waals surface area contributed by atoms with Gasteiger partial charge in [-0.15, -0.1) is 5.73 Å². The normalized spacial score (nSPS) is 40.0. The lowest BCUT2D eigenvalue weighted by atomic mass is 9.56. The maximum atomic E-state index is 7.05. The third-order valence-electron chi connectivity index (χ3n) is 7.06. The first-order chi connectivity index (χ1) is 10.1. The maximum absolute atomic E-state index is 7.05. The van der Waals surface area contributed by atoms with Gasteiger partial charge in [-0.05, 0) is 93.0 Å². The van der Waals surface area contributed by atoms with Crippen molar-refractivity contribution in [2.24, 2.45) is 23.7 Å². The van der Waals surface area contributed by atoms with Crippen LogP contribution >= 0.6 is 0 Å². The van der Waals surface area contributed by atoms with E-state index in [1.807, 2.05) is 0 Å². The van der Waals surface area contributed by atoms with Gasteiger partial charge in [0.2, 0.25) is 0 Å². The van der Waals surface area contributed by atoms with Crippen LogP contribution in [0.25, 0.3) is 0 Å². The number of rotatable bonds is 3. The molecular formula is C20H34OSi. The van der Waals surface area contributed by atoms with Crippen molar-refractivity contribution in [2.75, 3.05) is 0 Å². The highest BCUT2D eigenvalue weighted by atomic mass is 28.4. The van der Waals surface area contributed by atoms with Gasteiger partial charge < -0.3 is 4.43 Å². The van der Waals surface area contributed by atoms with Crippen LogP contribution in [0.5, 0.6) is 0 Å². The van der Waals surface area contributed by atoms with E-state index in [2.05, 4.69) is 59.5 Å². The zero-order valence-corrected chi connectivity index (χ0v) is 16.6. The summed E-state index contributed by atoms with van der Waals surface area (Å²) in [6.07, 6.45) is 7.99. The molecule has 0 aliphatic heterocycles. The molecule has 3 aliphatic carbocycles. The molecule has 1 nitrogen and oxygen atoms in total. The van der Waals surface area contributed by atoms with Crippen LogP contribution in [-0.4, -0.2) is 13.9 Å². The lowest BCUT2D eigenvalue weighted by Crippen LogP contribution is -2.62. The number of fused-ring (bicyclic) bond motifs is 5. The first-order valence-electron chi connectivity index (χ1n) is 9.17. The highest BCUT2D eigenvalue weighted by Gasteiger charge is 2.66. The molecule has 0 aromatic carbocycles. The summed E-state index contributed by atoms with van der Waals surface area (Å²) in [5.74, 6) is 3.65. The Labute approximate surface area is 138 Å². The Morgan fingerprint density at radius 3 is 2.36 bits per heavy atom. The Bertz CT molecular complexity index is 514. The van der Waals surface area contributed by atoms with E-state index in [1.54, 1.807) is 0 Å². The van der Waals surface area contributed by atoms with Crippen molar-refractivity contribution in [3.63, 3.8) is 0 Å². The predicted molar refractivity (Wildman–Crippen MR) is 96.4 cm³/mol. The van der Waals surface area contributed by atoms with Gasteiger partial charge in [0.25, 0.3) is 0 Å². The smallest absolute Gasteiger partial charge is 0.193 e. The monoisotopic (exact) mass is 318 g/mol. The van der Waals surface area contributed by atoms with E-state index in [4.69, 9.17) is 4.43 Å². The second kappa shape index (κ2) is 5.10. The van der Waals surface area contributed by atoms with Crippen LogP contribution in [0.3, 0.4) is 0 Å². The zero-order chi connectivity index (χ0) is 16.3. The molecule has 0 aromatic rings. The molecular weight excluding hydrogens is 284 g/mol. The SMILES string of the molecule is CC(C)=C=C[C@@]1(O[Si](C)(C)C(C)(C)C)C[C@@H]2[C@H]3CC[C@H](C3)[C@@H]21. The van der Waals surface area contributed by atoms with Crippen LogP contribution in [-0.2, 0) is 4.43 Å². The first kappa shape index (κ1) is 16.6. The van der Waals surface area contributed by atoms with Gasteiger partial charge in [0.05, 0.1) is 5.60 Å². The fourth-order valence-electron chi connectivity index (χ4n) is 5.00. The largest absolute Gasteiger partial charge is 0.407 e. The van der Waals surface area contributed by atoms with Crippen LogP contribution in [0.15, 0.2) is 17.4 Å². The molecule has 0 heterocycles. The van der Waals surface area contributed by atoms with E-state index in [0.717, 1.165) is 23.7 Å². The van der Waals surface area contributed by atoms with E-state index in [0.29, 0.717) is 0 Å². The Morgan fingerprint density at radius 1 is 1.18 bits per heavy atom. The van der Waals surface area contributed by atoms with E-state index in [-0.39, 0.29) is 10.6 Å². The van der Waals surface area contributed by atoms with Crippen LogP contribution in [0.2, 0.25) is 18.1 Å². The van der Waals surface area contributed by atoms with E-state index in [1.165, 1.54) is 31.3 Å². The van der Waals surface area contributed by atoms with Gasteiger partial charge in [0.1, 0.15) is 0 Å². The van der Waals surface area contributed by atoms with E-state index < -0.39 is 8.32 Å². The lowest BCUT2D eigenvalue weighted by Gasteiger charge is -2.59.